The third kappa shape index (κ3) is 4.55. The minimum Gasteiger partial charge on any atom is -0.245 e. The second-order valence-corrected chi connectivity index (χ2v) is 11.3. The van der Waals surface area contributed by atoms with Crippen LogP contribution in [-0.4, -0.2) is 9.97 Å². The van der Waals surface area contributed by atoms with Crippen LogP contribution in [0.5, 0.6) is 0 Å². The smallest absolute Gasteiger partial charge is 0.0978 e. The molecule has 0 atom stereocenters. The Hall–Kier alpha value is -5.08. The van der Waals surface area contributed by atoms with Gasteiger partial charge in [0.15, 0.2) is 0 Å². The Morgan fingerprint density at radius 3 is 1.19 bits per heavy atom. The zero-order valence-corrected chi connectivity index (χ0v) is 24.4. The van der Waals surface area contributed by atoms with Crippen molar-refractivity contribution in [2.24, 2.45) is 0 Å². The summed E-state index contributed by atoms with van der Waals surface area (Å²) in [5.74, 6) is 0. The average Bonchev–Trinajstić information content (AvgIpc) is 3.03. The van der Waals surface area contributed by atoms with Crippen molar-refractivity contribution in [3.8, 4) is 44.8 Å². The summed E-state index contributed by atoms with van der Waals surface area (Å²) in [6.45, 7) is 8.61. The van der Waals surface area contributed by atoms with Gasteiger partial charge in [0.05, 0.1) is 22.4 Å². The van der Waals surface area contributed by atoms with Crippen LogP contribution in [0.4, 0.5) is 0 Å². The highest BCUT2D eigenvalue weighted by Gasteiger charge is 2.18. The van der Waals surface area contributed by atoms with Gasteiger partial charge in [0.2, 0.25) is 0 Å². The zero-order valence-electron chi connectivity index (χ0n) is 24.4. The van der Waals surface area contributed by atoms with Crippen LogP contribution in [0, 0.1) is 27.7 Å². The van der Waals surface area contributed by atoms with Crippen LogP contribution in [0.2, 0.25) is 0 Å². The van der Waals surface area contributed by atoms with E-state index in [1.807, 2.05) is 0 Å². The second kappa shape index (κ2) is 10.4. The lowest BCUT2D eigenvalue weighted by Gasteiger charge is -2.17. The number of hydrogen-bond acceptors (Lipinski definition) is 2. The predicted octanol–water partition coefficient (Wildman–Crippen LogP) is 10.7. The van der Waals surface area contributed by atoms with Crippen molar-refractivity contribution >= 4 is 21.8 Å². The Morgan fingerprint density at radius 2 is 0.786 bits per heavy atom. The molecule has 0 spiro atoms. The van der Waals surface area contributed by atoms with Crippen LogP contribution in [0.3, 0.4) is 0 Å². The van der Waals surface area contributed by atoms with E-state index in [1.165, 1.54) is 44.5 Å². The van der Waals surface area contributed by atoms with Crippen molar-refractivity contribution in [3.63, 3.8) is 0 Å². The van der Waals surface area contributed by atoms with Gasteiger partial charge in [-0.2, -0.15) is 0 Å². The molecule has 5 aromatic carbocycles. The molecule has 0 N–H and O–H groups in total. The standard InChI is InChI=1S/C40H32N2/c1-25-15-17-27(3)33(21-25)37-23-35(29-11-7-5-8-12-29)31-19-20-32-36(30-13-9-6-10-14-30)24-38(42-40(32)39(31)41-37)34-22-26(2)16-18-28(34)4/h5-24H,1-4H3. The topological polar surface area (TPSA) is 25.8 Å². The summed E-state index contributed by atoms with van der Waals surface area (Å²) in [6, 6.07) is 43.4. The number of fused-ring (bicyclic) bond motifs is 3. The van der Waals surface area contributed by atoms with Crippen LogP contribution in [0.1, 0.15) is 22.3 Å². The number of nitrogens with zero attached hydrogens (tertiary/aromatic N) is 2. The zero-order chi connectivity index (χ0) is 28.8. The highest BCUT2D eigenvalue weighted by atomic mass is 14.8. The van der Waals surface area contributed by atoms with Gasteiger partial charge in [-0.3, -0.25) is 0 Å². The first kappa shape index (κ1) is 25.9. The SMILES string of the molecule is Cc1ccc(C)c(-c2cc(-c3ccccc3)c3ccc4c(-c5ccccc5)cc(-c5cc(C)ccc5C)nc4c3n2)c1. The fourth-order valence-electron chi connectivity index (χ4n) is 5.99. The maximum atomic E-state index is 5.41. The summed E-state index contributed by atoms with van der Waals surface area (Å²) in [4.78, 5) is 10.8. The van der Waals surface area contributed by atoms with Crippen LogP contribution < -0.4 is 0 Å². The molecule has 2 nitrogen and oxygen atoms in total. The molecule has 202 valence electrons. The van der Waals surface area contributed by atoms with Crippen molar-refractivity contribution < 1.29 is 0 Å². The van der Waals surface area contributed by atoms with E-state index >= 15 is 0 Å². The van der Waals surface area contributed by atoms with Gasteiger partial charge in [-0.05, 0) is 85.3 Å². The highest BCUT2D eigenvalue weighted by Crippen LogP contribution is 2.40. The largest absolute Gasteiger partial charge is 0.245 e. The van der Waals surface area contributed by atoms with Gasteiger partial charge < -0.3 is 0 Å². The van der Waals surface area contributed by atoms with Gasteiger partial charge in [-0.25, -0.2) is 9.97 Å². The molecule has 2 heteroatoms. The van der Waals surface area contributed by atoms with Crippen molar-refractivity contribution in [1.82, 2.24) is 9.97 Å². The lowest BCUT2D eigenvalue weighted by atomic mass is 9.92. The molecule has 0 saturated heterocycles. The molecule has 0 bridgehead atoms. The van der Waals surface area contributed by atoms with E-state index in [4.69, 9.17) is 9.97 Å². The van der Waals surface area contributed by atoms with E-state index in [9.17, 15) is 0 Å². The number of rotatable bonds is 4. The molecule has 2 heterocycles. The minimum atomic E-state index is 0.925. The summed E-state index contributed by atoms with van der Waals surface area (Å²) < 4.78 is 0. The normalized spacial score (nSPS) is 11.3. The average molecular weight is 541 g/mol. The van der Waals surface area contributed by atoms with E-state index in [-0.39, 0.29) is 0 Å². The molecule has 2 aromatic heterocycles. The van der Waals surface area contributed by atoms with E-state index in [1.54, 1.807) is 0 Å². The van der Waals surface area contributed by atoms with Gasteiger partial charge >= 0.3 is 0 Å². The molecule has 0 radical (unpaired) electrons. The third-order valence-electron chi connectivity index (χ3n) is 8.27. The van der Waals surface area contributed by atoms with E-state index in [2.05, 4.69) is 149 Å². The molecule has 0 unspecified atom stereocenters. The molecule has 0 saturated carbocycles. The quantitative estimate of drug-likeness (QED) is 0.208. The number of hydrogen-bond donors (Lipinski definition) is 0. The predicted molar refractivity (Wildman–Crippen MR) is 178 cm³/mol. The Balaban J connectivity index is 1.64. The van der Waals surface area contributed by atoms with Gasteiger partial charge in [-0.1, -0.05) is 108 Å². The van der Waals surface area contributed by atoms with Crippen molar-refractivity contribution in [2.45, 2.75) is 27.7 Å². The van der Waals surface area contributed by atoms with Gasteiger partial charge in [0, 0.05) is 21.9 Å². The fraction of sp³-hybridized carbons (Fsp3) is 0.100. The lowest BCUT2D eigenvalue weighted by molar-refractivity contribution is 1.32. The van der Waals surface area contributed by atoms with E-state index in [0.717, 1.165) is 44.3 Å². The highest BCUT2D eigenvalue weighted by molar-refractivity contribution is 6.13. The van der Waals surface area contributed by atoms with Crippen LogP contribution in [0.15, 0.2) is 121 Å². The molecular weight excluding hydrogens is 508 g/mol. The first-order chi connectivity index (χ1) is 20.5. The minimum absolute atomic E-state index is 0.925. The molecule has 7 aromatic rings. The Kier molecular flexibility index (Phi) is 6.40. The maximum Gasteiger partial charge on any atom is 0.0978 e. The van der Waals surface area contributed by atoms with Crippen LogP contribution in [-0.2, 0) is 0 Å². The summed E-state index contributed by atoms with van der Waals surface area (Å²) in [5.41, 5.74) is 15.6. The Bertz CT molecular complexity index is 1960. The number of pyridine rings is 2. The molecular formula is C40H32N2. The van der Waals surface area contributed by atoms with Crippen molar-refractivity contribution in [3.05, 3.63) is 144 Å². The van der Waals surface area contributed by atoms with E-state index in [0.29, 0.717) is 0 Å². The fourth-order valence-corrected chi connectivity index (χ4v) is 5.99. The number of aromatic nitrogens is 2. The summed E-state index contributed by atoms with van der Waals surface area (Å²) >= 11 is 0. The second-order valence-electron chi connectivity index (χ2n) is 11.3. The van der Waals surface area contributed by atoms with Gasteiger partial charge in [-0.15, -0.1) is 0 Å². The first-order valence-corrected chi connectivity index (χ1v) is 14.5. The molecule has 7 rings (SSSR count). The summed E-state index contributed by atoms with van der Waals surface area (Å²) in [7, 11) is 0. The van der Waals surface area contributed by atoms with Crippen LogP contribution >= 0.6 is 0 Å². The first-order valence-electron chi connectivity index (χ1n) is 14.5. The molecule has 0 aliphatic rings. The lowest BCUT2D eigenvalue weighted by Crippen LogP contribution is -1.97. The number of aryl methyl sites for hydroxylation is 4. The molecule has 0 amide bonds. The summed E-state index contributed by atoms with van der Waals surface area (Å²) in [5, 5.41) is 2.21. The summed E-state index contributed by atoms with van der Waals surface area (Å²) in [6.07, 6.45) is 0. The Labute approximate surface area is 247 Å². The van der Waals surface area contributed by atoms with E-state index < -0.39 is 0 Å². The molecule has 0 fully saturated rings. The van der Waals surface area contributed by atoms with Crippen LogP contribution in [0.25, 0.3) is 66.6 Å². The molecule has 0 aliphatic heterocycles. The monoisotopic (exact) mass is 540 g/mol. The van der Waals surface area contributed by atoms with Gasteiger partial charge in [0.25, 0.3) is 0 Å². The number of benzene rings is 5. The molecule has 0 aliphatic carbocycles. The Morgan fingerprint density at radius 1 is 0.381 bits per heavy atom. The third-order valence-corrected chi connectivity index (χ3v) is 8.27. The molecule has 42 heavy (non-hydrogen) atoms. The van der Waals surface area contributed by atoms with Crippen molar-refractivity contribution in [2.75, 3.05) is 0 Å². The van der Waals surface area contributed by atoms with Crippen molar-refractivity contribution in [1.29, 1.82) is 0 Å². The van der Waals surface area contributed by atoms with Gasteiger partial charge in [0.1, 0.15) is 0 Å². The maximum absolute atomic E-state index is 5.41.